The molecular weight excluding hydrogens is 146 g/mol. The van der Waals surface area contributed by atoms with Crippen LogP contribution in [0.5, 0.6) is 0 Å². The van der Waals surface area contributed by atoms with Gasteiger partial charge in [0.1, 0.15) is 0 Å². The molecule has 0 spiro atoms. The third-order valence-electron chi connectivity index (χ3n) is 2.05. The molecule has 10 heavy (non-hydrogen) atoms. The van der Waals surface area contributed by atoms with Gasteiger partial charge in [0.05, 0.1) is 0 Å². The molecule has 2 atom stereocenters. The van der Waals surface area contributed by atoms with Crippen LogP contribution in [0.1, 0.15) is 27.7 Å². The summed E-state index contributed by atoms with van der Waals surface area (Å²) in [5, 5.41) is 0.250. The van der Waals surface area contributed by atoms with Crippen molar-refractivity contribution in [3.8, 4) is 0 Å². The first-order valence-corrected chi connectivity index (χ1v) is 4.45. The highest BCUT2D eigenvalue weighted by molar-refractivity contribution is 6.20. The molecule has 62 valence electrons. The van der Waals surface area contributed by atoms with Gasteiger partial charge in [-0.15, -0.1) is 11.6 Å². The summed E-state index contributed by atoms with van der Waals surface area (Å²) in [4.78, 5) is 2.36. The second kappa shape index (κ2) is 4.97. The Balaban J connectivity index is 3.76. The van der Waals surface area contributed by atoms with Crippen LogP contribution < -0.4 is 0 Å². The van der Waals surface area contributed by atoms with Crippen LogP contribution in [0.25, 0.3) is 0 Å². The van der Waals surface area contributed by atoms with E-state index in [-0.39, 0.29) is 5.38 Å². The fourth-order valence-corrected chi connectivity index (χ4v) is 1.25. The van der Waals surface area contributed by atoms with Gasteiger partial charge in [0, 0.05) is 11.4 Å². The van der Waals surface area contributed by atoms with Crippen molar-refractivity contribution in [3.63, 3.8) is 0 Å². The van der Waals surface area contributed by atoms with E-state index in [1.165, 1.54) is 0 Å². The fourth-order valence-electron chi connectivity index (χ4n) is 1.09. The number of hydrogen-bond acceptors (Lipinski definition) is 1. The molecule has 0 aromatic heterocycles. The first-order valence-electron chi connectivity index (χ1n) is 4.01. The molecule has 2 heteroatoms. The number of halogens is 1. The molecule has 0 fully saturated rings. The molecule has 0 aromatic rings. The minimum absolute atomic E-state index is 0.250. The highest BCUT2D eigenvalue weighted by Crippen LogP contribution is 2.08. The lowest BCUT2D eigenvalue weighted by atomic mass is 10.2. The van der Waals surface area contributed by atoms with Crippen molar-refractivity contribution in [1.29, 1.82) is 0 Å². The van der Waals surface area contributed by atoms with E-state index in [1.54, 1.807) is 0 Å². The maximum Gasteiger partial charge on any atom is 0.0460 e. The van der Waals surface area contributed by atoms with E-state index < -0.39 is 0 Å². The molecule has 0 N–H and O–H groups in total. The van der Waals surface area contributed by atoms with Gasteiger partial charge in [0.15, 0.2) is 0 Å². The van der Waals surface area contributed by atoms with Gasteiger partial charge >= 0.3 is 0 Å². The third kappa shape index (κ3) is 2.89. The minimum atomic E-state index is 0.250. The Kier molecular flexibility index (Phi) is 5.10. The van der Waals surface area contributed by atoms with Crippen LogP contribution in [-0.2, 0) is 0 Å². The third-order valence-corrected chi connectivity index (χ3v) is 2.42. The van der Waals surface area contributed by atoms with Crippen molar-refractivity contribution < 1.29 is 0 Å². The van der Waals surface area contributed by atoms with E-state index in [0.29, 0.717) is 6.04 Å². The number of nitrogens with zero attached hydrogens (tertiary/aromatic N) is 1. The predicted molar refractivity (Wildman–Crippen MR) is 47.7 cm³/mol. The zero-order valence-corrected chi connectivity index (χ0v) is 8.15. The molecule has 0 aliphatic rings. The Morgan fingerprint density at radius 1 is 1.20 bits per heavy atom. The maximum atomic E-state index is 5.94. The number of alkyl halides is 1. The summed E-state index contributed by atoms with van der Waals surface area (Å²) in [7, 11) is 0. The normalized spacial score (nSPS) is 17.4. The summed E-state index contributed by atoms with van der Waals surface area (Å²) in [6.45, 7) is 10.7. The highest BCUT2D eigenvalue weighted by Gasteiger charge is 2.14. The first-order chi connectivity index (χ1) is 4.63. The quantitative estimate of drug-likeness (QED) is 0.576. The fraction of sp³-hybridized carbons (Fsp3) is 1.00. The number of hydrogen-bond donors (Lipinski definition) is 0. The van der Waals surface area contributed by atoms with Gasteiger partial charge in [-0.2, -0.15) is 0 Å². The summed E-state index contributed by atoms with van der Waals surface area (Å²) >= 11 is 5.94. The van der Waals surface area contributed by atoms with Crippen molar-refractivity contribution in [1.82, 2.24) is 4.90 Å². The van der Waals surface area contributed by atoms with Crippen LogP contribution in [0.2, 0.25) is 0 Å². The van der Waals surface area contributed by atoms with E-state index in [0.717, 1.165) is 13.1 Å². The SMILES string of the molecule is CCN(CC)C(C)C(C)Cl. The lowest BCUT2D eigenvalue weighted by Gasteiger charge is -2.27. The van der Waals surface area contributed by atoms with Crippen LogP contribution in [0.15, 0.2) is 0 Å². The molecule has 0 aliphatic carbocycles. The molecule has 0 amide bonds. The zero-order chi connectivity index (χ0) is 8.15. The molecule has 0 bridgehead atoms. The van der Waals surface area contributed by atoms with Gasteiger partial charge in [-0.25, -0.2) is 0 Å². The van der Waals surface area contributed by atoms with E-state index in [4.69, 9.17) is 11.6 Å². The topological polar surface area (TPSA) is 3.24 Å². The molecule has 0 aliphatic heterocycles. The molecular formula is C8H18ClN. The largest absolute Gasteiger partial charge is 0.300 e. The van der Waals surface area contributed by atoms with E-state index in [9.17, 15) is 0 Å². The first kappa shape index (κ1) is 10.2. The summed E-state index contributed by atoms with van der Waals surface area (Å²) in [6, 6.07) is 0.497. The average Bonchev–Trinajstić information content (AvgIpc) is 1.90. The van der Waals surface area contributed by atoms with Crippen LogP contribution in [-0.4, -0.2) is 29.4 Å². The molecule has 2 unspecified atom stereocenters. The summed E-state index contributed by atoms with van der Waals surface area (Å²) < 4.78 is 0. The van der Waals surface area contributed by atoms with Crippen LogP contribution >= 0.6 is 11.6 Å². The Labute approximate surface area is 69.4 Å². The maximum absolute atomic E-state index is 5.94. The minimum Gasteiger partial charge on any atom is -0.300 e. The van der Waals surface area contributed by atoms with Crippen LogP contribution in [0, 0.1) is 0 Å². The second-order valence-electron chi connectivity index (χ2n) is 2.64. The van der Waals surface area contributed by atoms with Gasteiger partial charge in [-0.05, 0) is 26.9 Å². The Bertz CT molecular complexity index is 79.3. The Hall–Kier alpha value is 0.250. The lowest BCUT2D eigenvalue weighted by Crippen LogP contribution is -2.37. The summed E-state index contributed by atoms with van der Waals surface area (Å²) in [5.41, 5.74) is 0. The lowest BCUT2D eigenvalue weighted by molar-refractivity contribution is 0.229. The smallest absolute Gasteiger partial charge is 0.0460 e. The Morgan fingerprint density at radius 3 is 1.70 bits per heavy atom. The van der Waals surface area contributed by atoms with Crippen molar-refractivity contribution in [3.05, 3.63) is 0 Å². The van der Waals surface area contributed by atoms with Crippen molar-refractivity contribution in [2.24, 2.45) is 0 Å². The van der Waals surface area contributed by atoms with Crippen molar-refractivity contribution in [2.45, 2.75) is 39.1 Å². The van der Waals surface area contributed by atoms with E-state index in [2.05, 4.69) is 25.7 Å². The van der Waals surface area contributed by atoms with Gasteiger partial charge < -0.3 is 0 Å². The summed E-state index contributed by atoms with van der Waals surface area (Å²) in [5.74, 6) is 0. The molecule has 0 saturated carbocycles. The standard InChI is InChI=1S/C8H18ClN/c1-5-10(6-2)8(4)7(3)9/h7-8H,5-6H2,1-4H3. The van der Waals surface area contributed by atoms with Crippen LogP contribution in [0.4, 0.5) is 0 Å². The van der Waals surface area contributed by atoms with E-state index >= 15 is 0 Å². The molecule has 0 rings (SSSR count). The van der Waals surface area contributed by atoms with Gasteiger partial charge in [-0.3, -0.25) is 4.90 Å². The monoisotopic (exact) mass is 163 g/mol. The molecule has 1 nitrogen and oxygen atoms in total. The van der Waals surface area contributed by atoms with Gasteiger partial charge in [-0.1, -0.05) is 13.8 Å². The zero-order valence-electron chi connectivity index (χ0n) is 7.39. The summed E-state index contributed by atoms with van der Waals surface area (Å²) in [6.07, 6.45) is 0. The molecule has 0 aromatic carbocycles. The van der Waals surface area contributed by atoms with Gasteiger partial charge in [0.2, 0.25) is 0 Å². The molecule has 0 saturated heterocycles. The number of rotatable bonds is 4. The molecule has 0 heterocycles. The predicted octanol–water partition coefficient (Wildman–Crippen LogP) is 2.34. The average molecular weight is 164 g/mol. The van der Waals surface area contributed by atoms with E-state index in [1.807, 2.05) is 6.92 Å². The highest BCUT2D eigenvalue weighted by atomic mass is 35.5. The molecule has 0 radical (unpaired) electrons. The second-order valence-corrected chi connectivity index (χ2v) is 3.33. The van der Waals surface area contributed by atoms with Crippen molar-refractivity contribution >= 4 is 11.6 Å². The van der Waals surface area contributed by atoms with Crippen molar-refractivity contribution in [2.75, 3.05) is 13.1 Å². The van der Waals surface area contributed by atoms with Gasteiger partial charge in [0.25, 0.3) is 0 Å². The van der Waals surface area contributed by atoms with Crippen LogP contribution in [0.3, 0.4) is 0 Å². The Morgan fingerprint density at radius 2 is 1.60 bits per heavy atom.